The van der Waals surface area contributed by atoms with E-state index in [9.17, 15) is 0 Å². The van der Waals surface area contributed by atoms with Crippen LogP contribution in [0.2, 0.25) is 0 Å². The van der Waals surface area contributed by atoms with Crippen molar-refractivity contribution in [2.75, 3.05) is 0 Å². The first kappa shape index (κ1) is 5.32. The van der Waals surface area contributed by atoms with Crippen LogP contribution in [0.5, 0.6) is 0 Å². The van der Waals surface area contributed by atoms with Crippen molar-refractivity contribution in [3.05, 3.63) is 0 Å². The van der Waals surface area contributed by atoms with Gasteiger partial charge in [-0.05, 0) is 0 Å². The molecule has 0 N–H and O–H groups in total. The van der Waals surface area contributed by atoms with E-state index in [1.54, 1.807) is 6.69 Å². The van der Waals surface area contributed by atoms with E-state index in [0.29, 0.717) is 0 Å². The zero-order valence-electron chi connectivity index (χ0n) is 3.44. The van der Waals surface area contributed by atoms with Gasteiger partial charge in [-0.3, -0.25) is 0 Å². The molecule has 0 radical (unpaired) electrons. The summed E-state index contributed by atoms with van der Waals surface area (Å²) in [6.45, 7) is 5.58. The van der Waals surface area contributed by atoms with Crippen molar-refractivity contribution in [2.24, 2.45) is 0 Å². The molecule has 0 aliphatic rings. The first-order valence-corrected chi connectivity index (χ1v) is 1.65. The fourth-order valence-corrected chi connectivity index (χ4v) is 0.136. The van der Waals surface area contributed by atoms with E-state index >= 15 is 0 Å². The Morgan fingerprint density at radius 2 is 2.20 bits per heavy atom. The normalized spacial score (nSPS) is 4.60. The van der Waals surface area contributed by atoms with E-state index in [1.165, 1.54) is 0 Å². The van der Waals surface area contributed by atoms with Crippen molar-refractivity contribution in [1.29, 1.82) is 0 Å². The molecule has 5 heteroatoms. The van der Waals surface area contributed by atoms with Gasteiger partial charge in [0.15, 0.2) is 0 Å². The van der Waals surface area contributed by atoms with E-state index in [4.69, 9.17) is 0 Å². The second-order valence-corrected chi connectivity index (χ2v) is 0.761. The standard InChI is InChI=1S/B5H3/c1-3-5-4-2/h1H,2H2. The Morgan fingerprint density at radius 3 is 2.20 bits per heavy atom. The summed E-state index contributed by atoms with van der Waals surface area (Å²) in [6.07, 6.45) is 0. The zero-order chi connectivity index (χ0) is 4.12. The Kier molecular flexibility index (Phi) is 4.61. The molecule has 18 valence electrons. The fraction of sp³-hybridized carbons (Fsp3) is 0. The molecule has 0 bridgehead atoms. The molecule has 0 aliphatic carbocycles. The van der Waals surface area contributed by atoms with E-state index in [0.717, 1.165) is 0 Å². The second-order valence-electron chi connectivity index (χ2n) is 0.761. The van der Waals surface area contributed by atoms with E-state index in [1.807, 2.05) is 21.1 Å². The van der Waals surface area contributed by atoms with Crippen LogP contribution >= 0.6 is 0 Å². The van der Waals surface area contributed by atoms with E-state index < -0.39 is 0 Å². The first-order chi connectivity index (χ1) is 2.41. The van der Waals surface area contributed by atoms with E-state index in [2.05, 4.69) is 7.37 Å². The summed E-state index contributed by atoms with van der Waals surface area (Å²) >= 11 is 0. The van der Waals surface area contributed by atoms with Crippen LogP contribution in [0, 0.1) is 0 Å². The number of hydrogen-bond donors (Lipinski definition) is 0. The molecular formula is H3B5. The van der Waals surface area contributed by atoms with Crippen LogP contribution in [0.25, 0.3) is 0 Å². The molecule has 0 atom stereocenters. The van der Waals surface area contributed by atoms with Gasteiger partial charge in [-0.15, -0.1) is 0 Å². The van der Waals surface area contributed by atoms with Crippen LogP contribution in [-0.4, -0.2) is 35.2 Å². The molecule has 0 saturated carbocycles. The topological polar surface area (TPSA) is 0 Å². The molecule has 0 saturated heterocycles. The van der Waals surface area contributed by atoms with Gasteiger partial charge in [0.25, 0.3) is 0 Å². The molecule has 0 rings (SSSR count). The molecule has 0 aromatic heterocycles. The Bertz CT molecular complexity index is 42.0. The maximum absolute atomic E-state index is 3.46. The Hall–Kier alpha value is 0.325. The SMILES string of the molecule is B=BB=BB. The quantitative estimate of drug-likeness (QED) is 0.287. The Labute approximate surface area is 36.1 Å². The molecule has 5 heavy (non-hydrogen) atoms. The average Bonchev–Trinajstić information content (AvgIpc) is 1.41. The van der Waals surface area contributed by atoms with Gasteiger partial charge in [-0.25, -0.2) is 0 Å². The van der Waals surface area contributed by atoms with Gasteiger partial charge >= 0.3 is 35.2 Å². The van der Waals surface area contributed by atoms with Gasteiger partial charge in [0.1, 0.15) is 0 Å². The Morgan fingerprint density at radius 1 is 1.60 bits per heavy atom. The van der Waals surface area contributed by atoms with Gasteiger partial charge in [0, 0.05) is 0 Å². The predicted octanol–water partition coefficient (Wildman–Crippen LogP) is -2.71. The van der Waals surface area contributed by atoms with Crippen LogP contribution in [0.3, 0.4) is 0 Å². The van der Waals surface area contributed by atoms with E-state index in [-0.39, 0.29) is 0 Å². The third-order valence-corrected chi connectivity index (χ3v) is 0.329. The summed E-state index contributed by atoms with van der Waals surface area (Å²) in [5, 5.41) is 0. The van der Waals surface area contributed by atoms with Crippen LogP contribution in [0.15, 0.2) is 0 Å². The molecule has 0 nitrogen and oxygen atoms in total. The number of rotatable bonds is 1. The van der Waals surface area contributed by atoms with Crippen molar-refractivity contribution < 1.29 is 0 Å². The van der Waals surface area contributed by atoms with Crippen molar-refractivity contribution >= 4 is 35.2 Å². The third kappa shape index (κ3) is 4.32. The van der Waals surface area contributed by atoms with Gasteiger partial charge in [0.2, 0.25) is 0 Å². The first-order valence-electron chi connectivity index (χ1n) is 1.65. The van der Waals surface area contributed by atoms with Crippen molar-refractivity contribution in [1.82, 2.24) is 0 Å². The van der Waals surface area contributed by atoms with Gasteiger partial charge in [-0.2, -0.15) is 0 Å². The van der Waals surface area contributed by atoms with Gasteiger partial charge in [0.05, 0.1) is 0 Å². The summed E-state index contributed by atoms with van der Waals surface area (Å²) in [5.74, 6) is 0. The summed E-state index contributed by atoms with van der Waals surface area (Å²) in [6, 6.07) is 0. The summed E-state index contributed by atoms with van der Waals surface area (Å²) < 4.78 is 0. The zero-order valence-corrected chi connectivity index (χ0v) is 3.44. The molecule has 0 aliphatic heterocycles. The summed E-state index contributed by atoms with van der Waals surface area (Å²) in [7, 11) is 5.42. The van der Waals surface area contributed by atoms with Crippen molar-refractivity contribution in [3.8, 4) is 0 Å². The van der Waals surface area contributed by atoms with Crippen LogP contribution in [-0.2, 0) is 0 Å². The fourth-order valence-electron chi connectivity index (χ4n) is 0.136. The van der Waals surface area contributed by atoms with Crippen molar-refractivity contribution in [2.45, 2.75) is 0 Å². The third-order valence-electron chi connectivity index (χ3n) is 0.329. The maximum atomic E-state index is 3.46. The van der Waals surface area contributed by atoms with Crippen LogP contribution in [0.1, 0.15) is 0 Å². The molecule has 0 heterocycles. The predicted molar refractivity (Wildman–Crippen MR) is 33.0 cm³/mol. The van der Waals surface area contributed by atoms with Crippen molar-refractivity contribution in [3.63, 3.8) is 0 Å². The second kappa shape index (κ2) is 4.32. The van der Waals surface area contributed by atoms with Gasteiger partial charge < -0.3 is 0 Å². The molecule has 0 aromatic rings. The molecule has 0 amide bonds. The number of hydrogen-bond acceptors (Lipinski definition) is 0. The summed E-state index contributed by atoms with van der Waals surface area (Å²) in [4.78, 5) is 0. The molecular weight excluding hydrogens is 54.1 g/mol. The minimum atomic E-state index is 1.75. The Balaban J connectivity index is 2.92. The molecule has 0 spiro atoms. The molecule has 0 unspecified atom stereocenters. The summed E-state index contributed by atoms with van der Waals surface area (Å²) in [5.41, 5.74) is 0. The van der Waals surface area contributed by atoms with Gasteiger partial charge in [-0.1, -0.05) is 0 Å². The molecule has 0 aromatic carbocycles. The van der Waals surface area contributed by atoms with Crippen LogP contribution < -0.4 is 0 Å². The molecule has 0 fully saturated rings. The monoisotopic (exact) mass is 58.1 g/mol. The average molecular weight is 57.1 g/mol. The van der Waals surface area contributed by atoms with Crippen LogP contribution in [0.4, 0.5) is 0 Å². The minimum absolute atomic E-state index is 1.75.